The van der Waals surface area contributed by atoms with Crippen molar-refractivity contribution in [2.45, 2.75) is 17.9 Å². The van der Waals surface area contributed by atoms with E-state index in [-0.39, 0.29) is 28.6 Å². The fourth-order valence-corrected chi connectivity index (χ4v) is 3.77. The molecule has 2 aromatic carbocycles. The van der Waals surface area contributed by atoms with Gasteiger partial charge in [0, 0.05) is 18.5 Å². The highest BCUT2D eigenvalue weighted by Gasteiger charge is 2.19. The summed E-state index contributed by atoms with van der Waals surface area (Å²) in [5, 5.41) is 2.63. The van der Waals surface area contributed by atoms with Crippen molar-refractivity contribution < 1.29 is 17.6 Å². The highest BCUT2D eigenvalue weighted by atomic mass is 35.5. The summed E-state index contributed by atoms with van der Waals surface area (Å²) in [6.45, 7) is 0.0116. The van der Waals surface area contributed by atoms with Gasteiger partial charge in [-0.2, -0.15) is 0 Å². The molecule has 0 atom stereocenters. The van der Waals surface area contributed by atoms with E-state index in [2.05, 4.69) is 5.32 Å². The van der Waals surface area contributed by atoms with Crippen molar-refractivity contribution in [3.8, 4) is 0 Å². The third kappa shape index (κ3) is 4.77. The Labute approximate surface area is 139 Å². The Kier molecular flexibility index (Phi) is 5.74. The first-order valence-electron chi connectivity index (χ1n) is 6.87. The number of rotatable bonds is 6. The van der Waals surface area contributed by atoms with Crippen LogP contribution in [0, 0.1) is 5.82 Å². The van der Waals surface area contributed by atoms with Gasteiger partial charge in [-0.15, -0.1) is 0 Å². The van der Waals surface area contributed by atoms with Gasteiger partial charge in [0.1, 0.15) is 5.82 Å². The Morgan fingerprint density at radius 3 is 2.43 bits per heavy atom. The Hall–Kier alpha value is -1.92. The Bertz CT molecular complexity index is 808. The number of hydrogen-bond donors (Lipinski definition) is 1. The van der Waals surface area contributed by atoms with Gasteiger partial charge in [-0.1, -0.05) is 41.9 Å². The van der Waals surface area contributed by atoms with E-state index in [1.54, 1.807) is 30.3 Å². The Morgan fingerprint density at radius 1 is 1.09 bits per heavy atom. The molecule has 0 aliphatic heterocycles. The minimum absolute atomic E-state index is 0.00331. The molecule has 0 fully saturated rings. The first kappa shape index (κ1) is 17.4. The van der Waals surface area contributed by atoms with Gasteiger partial charge in [-0.25, -0.2) is 12.8 Å². The second-order valence-electron chi connectivity index (χ2n) is 4.87. The summed E-state index contributed by atoms with van der Waals surface area (Å²) in [4.78, 5) is 11.8. The van der Waals surface area contributed by atoms with Crippen LogP contribution in [0.15, 0.2) is 53.4 Å². The highest BCUT2D eigenvalue weighted by molar-refractivity contribution is 7.91. The third-order valence-electron chi connectivity index (χ3n) is 3.20. The van der Waals surface area contributed by atoms with Crippen molar-refractivity contribution in [1.29, 1.82) is 0 Å². The molecule has 0 radical (unpaired) electrons. The first-order chi connectivity index (χ1) is 10.9. The molecule has 0 bridgehead atoms. The van der Waals surface area contributed by atoms with Gasteiger partial charge in [0.15, 0.2) is 9.84 Å². The molecule has 0 aliphatic rings. The smallest absolute Gasteiger partial charge is 0.221 e. The lowest BCUT2D eigenvalue weighted by atomic mass is 10.2. The van der Waals surface area contributed by atoms with Crippen molar-refractivity contribution in [2.75, 3.05) is 5.75 Å². The third-order valence-corrected chi connectivity index (χ3v) is 5.41. The van der Waals surface area contributed by atoms with Crippen molar-refractivity contribution in [3.63, 3.8) is 0 Å². The van der Waals surface area contributed by atoms with Crippen LogP contribution in [-0.2, 0) is 21.2 Å². The Morgan fingerprint density at radius 2 is 1.74 bits per heavy atom. The molecule has 0 unspecified atom stereocenters. The molecule has 0 aromatic heterocycles. The zero-order chi connectivity index (χ0) is 16.9. The number of amides is 1. The van der Waals surface area contributed by atoms with Crippen LogP contribution in [0.2, 0.25) is 5.02 Å². The number of nitrogens with one attached hydrogen (secondary N) is 1. The molecule has 1 N–H and O–H groups in total. The summed E-state index contributed by atoms with van der Waals surface area (Å²) in [7, 11) is -3.64. The molecule has 0 aliphatic carbocycles. The van der Waals surface area contributed by atoms with Crippen LogP contribution in [0.5, 0.6) is 0 Å². The van der Waals surface area contributed by atoms with Crippen LogP contribution >= 0.6 is 11.6 Å². The number of hydrogen-bond acceptors (Lipinski definition) is 3. The van der Waals surface area contributed by atoms with Gasteiger partial charge in [0.25, 0.3) is 0 Å². The molecule has 0 saturated carbocycles. The molecule has 0 saturated heterocycles. The standard InChI is InChI=1S/C16H15ClFNO3S/c17-13-6-2-4-8-15(13)23(21,22)10-9-16(20)19-11-12-5-1-3-7-14(12)18/h1-8H,9-11H2,(H,19,20). The molecule has 122 valence electrons. The molecule has 1 amide bonds. The fourth-order valence-electron chi connectivity index (χ4n) is 1.96. The zero-order valence-electron chi connectivity index (χ0n) is 12.1. The van der Waals surface area contributed by atoms with Gasteiger partial charge >= 0.3 is 0 Å². The number of sulfone groups is 1. The largest absolute Gasteiger partial charge is 0.352 e. The van der Waals surface area contributed by atoms with E-state index in [0.29, 0.717) is 5.56 Å². The average molecular weight is 356 g/mol. The van der Waals surface area contributed by atoms with Gasteiger partial charge in [-0.3, -0.25) is 4.79 Å². The number of benzene rings is 2. The van der Waals surface area contributed by atoms with E-state index in [4.69, 9.17) is 11.6 Å². The highest BCUT2D eigenvalue weighted by Crippen LogP contribution is 2.22. The van der Waals surface area contributed by atoms with Crippen LogP contribution in [-0.4, -0.2) is 20.1 Å². The minimum atomic E-state index is -3.64. The summed E-state index contributed by atoms with van der Waals surface area (Å²) in [5.41, 5.74) is 0.342. The van der Waals surface area contributed by atoms with Gasteiger partial charge in [0.05, 0.1) is 15.7 Å². The lowest BCUT2D eigenvalue weighted by Gasteiger charge is -2.08. The quantitative estimate of drug-likeness (QED) is 0.866. The van der Waals surface area contributed by atoms with E-state index in [1.165, 1.54) is 18.2 Å². The molecule has 2 aromatic rings. The molecular formula is C16H15ClFNO3S. The number of carbonyl (C=O) groups is 1. The SMILES string of the molecule is O=C(CCS(=O)(=O)c1ccccc1Cl)NCc1ccccc1F. The predicted molar refractivity (Wildman–Crippen MR) is 86.4 cm³/mol. The van der Waals surface area contributed by atoms with Crippen LogP contribution < -0.4 is 5.32 Å². The topological polar surface area (TPSA) is 63.2 Å². The van der Waals surface area contributed by atoms with E-state index in [9.17, 15) is 17.6 Å². The van der Waals surface area contributed by atoms with Gasteiger partial charge in [0.2, 0.25) is 5.91 Å². The first-order valence-corrected chi connectivity index (χ1v) is 8.90. The van der Waals surface area contributed by atoms with Crippen LogP contribution in [0.25, 0.3) is 0 Å². The number of carbonyl (C=O) groups excluding carboxylic acids is 1. The van der Waals surface area contributed by atoms with Crippen molar-refractivity contribution in [3.05, 3.63) is 64.9 Å². The molecular weight excluding hydrogens is 341 g/mol. The van der Waals surface area contributed by atoms with E-state index in [0.717, 1.165) is 0 Å². The van der Waals surface area contributed by atoms with Crippen LogP contribution in [0.4, 0.5) is 4.39 Å². The average Bonchev–Trinajstić information content (AvgIpc) is 2.52. The molecule has 0 heterocycles. The van der Waals surface area contributed by atoms with Crippen molar-refractivity contribution in [1.82, 2.24) is 5.32 Å². The minimum Gasteiger partial charge on any atom is -0.352 e. The van der Waals surface area contributed by atoms with Crippen molar-refractivity contribution >= 4 is 27.3 Å². The maximum Gasteiger partial charge on any atom is 0.221 e. The zero-order valence-corrected chi connectivity index (χ0v) is 13.7. The van der Waals surface area contributed by atoms with Crippen LogP contribution in [0.1, 0.15) is 12.0 Å². The van der Waals surface area contributed by atoms with Crippen LogP contribution in [0.3, 0.4) is 0 Å². The summed E-state index contributed by atoms with van der Waals surface area (Å²) in [6.07, 6.45) is -0.220. The molecule has 2 rings (SSSR count). The summed E-state index contributed by atoms with van der Waals surface area (Å²) in [5.74, 6) is -1.25. The summed E-state index contributed by atoms with van der Waals surface area (Å²) >= 11 is 5.86. The molecule has 4 nitrogen and oxygen atoms in total. The maximum atomic E-state index is 13.4. The number of halogens is 2. The second-order valence-corrected chi connectivity index (χ2v) is 7.35. The normalized spacial score (nSPS) is 11.2. The predicted octanol–water partition coefficient (Wildman–Crippen LogP) is 2.96. The molecule has 7 heteroatoms. The lowest BCUT2D eigenvalue weighted by Crippen LogP contribution is -2.25. The van der Waals surface area contributed by atoms with E-state index < -0.39 is 21.6 Å². The molecule has 0 spiro atoms. The summed E-state index contributed by atoms with van der Waals surface area (Å²) < 4.78 is 37.7. The lowest BCUT2D eigenvalue weighted by molar-refractivity contribution is -0.120. The monoisotopic (exact) mass is 355 g/mol. The fraction of sp³-hybridized carbons (Fsp3) is 0.188. The second kappa shape index (κ2) is 7.57. The van der Waals surface area contributed by atoms with Gasteiger partial charge in [-0.05, 0) is 18.2 Å². The van der Waals surface area contributed by atoms with E-state index in [1.807, 2.05) is 0 Å². The maximum absolute atomic E-state index is 13.4. The van der Waals surface area contributed by atoms with Gasteiger partial charge < -0.3 is 5.32 Å². The van der Waals surface area contributed by atoms with Crippen molar-refractivity contribution in [2.24, 2.45) is 0 Å². The Balaban J connectivity index is 1.92. The van der Waals surface area contributed by atoms with E-state index >= 15 is 0 Å². The summed E-state index contributed by atoms with van der Waals surface area (Å²) in [6, 6.07) is 12.1. The molecule has 23 heavy (non-hydrogen) atoms.